The molecule has 0 radical (unpaired) electrons. The van der Waals surface area contributed by atoms with E-state index < -0.39 is 0 Å². The van der Waals surface area contributed by atoms with Crippen LogP contribution in [0.15, 0.2) is 42.5 Å². The molecule has 2 aromatic rings. The summed E-state index contributed by atoms with van der Waals surface area (Å²) in [4.78, 5) is 12.1. The fourth-order valence-corrected chi connectivity index (χ4v) is 3.17. The second-order valence-electron chi connectivity index (χ2n) is 6.29. The van der Waals surface area contributed by atoms with Crippen LogP contribution in [-0.4, -0.2) is 19.0 Å². The van der Waals surface area contributed by atoms with Gasteiger partial charge in [-0.2, -0.15) is 0 Å². The quantitative estimate of drug-likeness (QED) is 0.873. The lowest BCUT2D eigenvalue weighted by molar-refractivity contribution is -0.122. The van der Waals surface area contributed by atoms with Gasteiger partial charge in [0, 0.05) is 6.42 Å². The Morgan fingerprint density at radius 2 is 2.04 bits per heavy atom. The molecule has 23 heavy (non-hydrogen) atoms. The molecule has 3 nitrogen and oxygen atoms in total. The summed E-state index contributed by atoms with van der Waals surface area (Å²) in [7, 11) is 0. The van der Waals surface area contributed by atoms with Gasteiger partial charge >= 0.3 is 0 Å². The first kappa shape index (κ1) is 17.8. The number of rotatable bonds is 5. The molecular formula is C19H25ClN2O. The summed E-state index contributed by atoms with van der Waals surface area (Å²) in [5.74, 6) is 0.828. The van der Waals surface area contributed by atoms with E-state index in [4.69, 9.17) is 0 Å². The highest BCUT2D eigenvalue weighted by molar-refractivity contribution is 5.85. The maximum atomic E-state index is 12.1. The number of benzene rings is 2. The lowest BCUT2D eigenvalue weighted by atomic mass is 10.0. The Bertz CT molecular complexity index is 653. The fourth-order valence-electron chi connectivity index (χ4n) is 3.17. The van der Waals surface area contributed by atoms with Crippen molar-refractivity contribution in [1.29, 1.82) is 0 Å². The van der Waals surface area contributed by atoms with Gasteiger partial charge in [0.1, 0.15) is 0 Å². The Balaban J connectivity index is 0.00000192. The summed E-state index contributed by atoms with van der Waals surface area (Å²) in [6.07, 6.45) is 2.82. The lowest BCUT2D eigenvalue weighted by Crippen LogP contribution is -2.27. The second kappa shape index (κ2) is 8.32. The maximum absolute atomic E-state index is 12.1. The lowest BCUT2D eigenvalue weighted by Gasteiger charge is -2.16. The molecule has 0 saturated carbocycles. The summed E-state index contributed by atoms with van der Waals surface area (Å²) >= 11 is 0. The Kier molecular flexibility index (Phi) is 6.43. The highest BCUT2D eigenvalue weighted by atomic mass is 35.5. The zero-order chi connectivity index (χ0) is 15.4. The first-order chi connectivity index (χ1) is 10.7. The molecular weight excluding hydrogens is 308 g/mol. The smallest absolute Gasteiger partial charge is 0.220 e. The molecule has 1 heterocycles. The van der Waals surface area contributed by atoms with Crippen LogP contribution in [0.4, 0.5) is 0 Å². The average molecular weight is 333 g/mol. The van der Waals surface area contributed by atoms with Crippen LogP contribution in [0.3, 0.4) is 0 Å². The molecule has 2 atom stereocenters. The molecule has 2 aromatic carbocycles. The van der Waals surface area contributed by atoms with Crippen LogP contribution in [-0.2, 0) is 4.79 Å². The van der Waals surface area contributed by atoms with Gasteiger partial charge < -0.3 is 10.6 Å². The van der Waals surface area contributed by atoms with Crippen molar-refractivity contribution in [2.75, 3.05) is 13.1 Å². The van der Waals surface area contributed by atoms with E-state index in [1.54, 1.807) is 0 Å². The summed E-state index contributed by atoms with van der Waals surface area (Å²) in [5.41, 5.74) is 1.16. The van der Waals surface area contributed by atoms with Gasteiger partial charge in [-0.15, -0.1) is 12.4 Å². The number of carbonyl (C=O) groups excluding carboxylic acids is 1. The molecule has 124 valence electrons. The number of hydrogen-bond donors (Lipinski definition) is 2. The molecule has 0 aromatic heterocycles. The zero-order valence-corrected chi connectivity index (χ0v) is 14.4. The minimum Gasteiger partial charge on any atom is -0.350 e. The third kappa shape index (κ3) is 4.69. The van der Waals surface area contributed by atoms with Gasteiger partial charge in [-0.25, -0.2) is 0 Å². The van der Waals surface area contributed by atoms with Gasteiger partial charge in [0.25, 0.3) is 0 Å². The molecule has 3 rings (SSSR count). The van der Waals surface area contributed by atoms with Crippen LogP contribution >= 0.6 is 12.4 Å². The van der Waals surface area contributed by atoms with Gasteiger partial charge in [0.15, 0.2) is 0 Å². The minimum absolute atomic E-state index is 0. The third-order valence-corrected chi connectivity index (χ3v) is 4.59. The van der Waals surface area contributed by atoms with Crippen molar-refractivity contribution >= 4 is 29.1 Å². The molecule has 1 fully saturated rings. The first-order valence-corrected chi connectivity index (χ1v) is 8.21. The van der Waals surface area contributed by atoms with Gasteiger partial charge in [0.05, 0.1) is 6.04 Å². The average Bonchev–Trinajstić information content (AvgIpc) is 3.06. The number of fused-ring (bicyclic) bond motifs is 1. The van der Waals surface area contributed by atoms with E-state index in [0.29, 0.717) is 12.3 Å². The van der Waals surface area contributed by atoms with Crippen LogP contribution in [0.5, 0.6) is 0 Å². The van der Waals surface area contributed by atoms with Crippen molar-refractivity contribution in [3.8, 4) is 0 Å². The summed E-state index contributed by atoms with van der Waals surface area (Å²) in [6, 6.07) is 14.8. The molecule has 0 aliphatic carbocycles. The summed E-state index contributed by atoms with van der Waals surface area (Å²) in [6.45, 7) is 4.21. The standard InChI is InChI=1S/C19H24N2O.ClH/c1-14(21-19(22)9-6-15-10-11-20-13-15)17-8-7-16-4-2-3-5-18(16)12-17;/h2-5,7-8,12,14-15,20H,6,9-11,13H2,1H3,(H,21,22);1H. The van der Waals surface area contributed by atoms with Gasteiger partial charge in [-0.05, 0) is 61.2 Å². The van der Waals surface area contributed by atoms with Gasteiger partial charge in [-0.3, -0.25) is 4.79 Å². The Labute approximate surface area is 144 Å². The van der Waals surface area contributed by atoms with E-state index >= 15 is 0 Å². The highest BCUT2D eigenvalue weighted by Gasteiger charge is 2.16. The largest absolute Gasteiger partial charge is 0.350 e. The van der Waals surface area contributed by atoms with Crippen molar-refractivity contribution in [2.45, 2.75) is 32.2 Å². The molecule has 1 aliphatic heterocycles. The van der Waals surface area contributed by atoms with E-state index in [2.05, 4.69) is 47.9 Å². The number of nitrogens with one attached hydrogen (secondary N) is 2. The van der Waals surface area contributed by atoms with Crippen LogP contribution in [0.2, 0.25) is 0 Å². The molecule has 0 spiro atoms. The topological polar surface area (TPSA) is 41.1 Å². The van der Waals surface area contributed by atoms with Gasteiger partial charge in [-0.1, -0.05) is 36.4 Å². The van der Waals surface area contributed by atoms with Gasteiger partial charge in [0.2, 0.25) is 5.91 Å². The Hall–Kier alpha value is -1.58. The van der Waals surface area contributed by atoms with E-state index in [-0.39, 0.29) is 24.4 Å². The normalized spacial score (nSPS) is 18.4. The predicted molar refractivity (Wildman–Crippen MR) is 98.0 cm³/mol. The van der Waals surface area contributed by atoms with E-state index in [0.717, 1.165) is 25.1 Å². The Morgan fingerprint density at radius 3 is 2.78 bits per heavy atom. The van der Waals surface area contributed by atoms with E-state index in [9.17, 15) is 4.79 Å². The van der Waals surface area contributed by atoms with Crippen LogP contribution < -0.4 is 10.6 Å². The van der Waals surface area contributed by atoms with Crippen LogP contribution in [0.25, 0.3) is 10.8 Å². The van der Waals surface area contributed by atoms with Crippen LogP contribution in [0.1, 0.15) is 37.8 Å². The van der Waals surface area contributed by atoms with Crippen molar-refractivity contribution in [3.63, 3.8) is 0 Å². The monoisotopic (exact) mass is 332 g/mol. The number of halogens is 1. The molecule has 1 aliphatic rings. The van der Waals surface area contributed by atoms with Crippen LogP contribution in [0, 0.1) is 5.92 Å². The summed E-state index contributed by atoms with van der Waals surface area (Å²) in [5, 5.41) is 8.93. The SMILES string of the molecule is CC(NC(=O)CCC1CCNC1)c1ccc2ccccc2c1.Cl. The van der Waals surface area contributed by atoms with Crippen molar-refractivity contribution in [3.05, 3.63) is 48.0 Å². The van der Waals surface area contributed by atoms with E-state index in [1.165, 1.54) is 17.2 Å². The maximum Gasteiger partial charge on any atom is 0.220 e. The highest BCUT2D eigenvalue weighted by Crippen LogP contribution is 2.21. The molecule has 1 saturated heterocycles. The number of carbonyl (C=O) groups is 1. The van der Waals surface area contributed by atoms with Crippen molar-refractivity contribution in [1.82, 2.24) is 10.6 Å². The molecule has 2 unspecified atom stereocenters. The van der Waals surface area contributed by atoms with Crippen molar-refractivity contribution in [2.24, 2.45) is 5.92 Å². The third-order valence-electron chi connectivity index (χ3n) is 4.59. The fraction of sp³-hybridized carbons (Fsp3) is 0.421. The second-order valence-corrected chi connectivity index (χ2v) is 6.29. The predicted octanol–water partition coefficient (Wildman–Crippen LogP) is 3.83. The first-order valence-electron chi connectivity index (χ1n) is 8.21. The Morgan fingerprint density at radius 1 is 1.26 bits per heavy atom. The molecule has 1 amide bonds. The van der Waals surface area contributed by atoms with Crippen molar-refractivity contribution < 1.29 is 4.79 Å². The minimum atomic E-state index is 0. The molecule has 0 bridgehead atoms. The summed E-state index contributed by atoms with van der Waals surface area (Å²) < 4.78 is 0. The number of amides is 1. The molecule has 2 N–H and O–H groups in total. The number of hydrogen-bond acceptors (Lipinski definition) is 2. The van der Waals surface area contributed by atoms with E-state index in [1.807, 2.05) is 12.1 Å². The molecule has 4 heteroatoms. The zero-order valence-electron chi connectivity index (χ0n) is 13.5.